The predicted octanol–water partition coefficient (Wildman–Crippen LogP) is 1.99. The highest BCUT2D eigenvalue weighted by Crippen LogP contribution is 2.19. The van der Waals surface area contributed by atoms with Crippen molar-refractivity contribution >= 4 is 22.9 Å². The number of halogens is 2. The number of nitrogens with zero attached hydrogens (tertiary/aromatic N) is 1. The van der Waals surface area contributed by atoms with E-state index in [1.54, 1.807) is 0 Å². The number of nitrogen functional groups attached to an aromatic ring is 1. The van der Waals surface area contributed by atoms with E-state index >= 15 is 0 Å². The Morgan fingerprint density at radius 3 is 2.57 bits per heavy atom. The van der Waals surface area contributed by atoms with Gasteiger partial charge in [0.05, 0.1) is 5.01 Å². The van der Waals surface area contributed by atoms with Gasteiger partial charge >= 0.3 is 0 Å². The minimum absolute atomic E-state index is 0.0979. The van der Waals surface area contributed by atoms with E-state index in [-0.39, 0.29) is 5.56 Å². The highest BCUT2D eigenvalue weighted by atomic mass is 32.1. The molecule has 0 aliphatic heterocycles. The normalized spacial score (nSPS) is 10.5. The first-order valence-corrected chi connectivity index (χ1v) is 7.04. The summed E-state index contributed by atoms with van der Waals surface area (Å²) in [4.78, 5) is 16.1. The second-order valence-corrected chi connectivity index (χ2v) is 5.29. The highest BCUT2D eigenvalue weighted by molar-refractivity contribution is 7.09. The number of hydrazine groups is 1. The molecule has 1 amide bonds. The lowest BCUT2D eigenvalue weighted by molar-refractivity contribution is 0.0953. The highest BCUT2D eigenvalue weighted by Gasteiger charge is 2.14. The van der Waals surface area contributed by atoms with Crippen molar-refractivity contribution in [3.63, 3.8) is 0 Å². The van der Waals surface area contributed by atoms with E-state index in [9.17, 15) is 13.6 Å². The van der Waals surface area contributed by atoms with Crippen LogP contribution in [0.15, 0.2) is 17.5 Å². The van der Waals surface area contributed by atoms with E-state index in [0.717, 1.165) is 22.8 Å². The first-order chi connectivity index (χ1) is 10.0. The number of thiazole rings is 1. The van der Waals surface area contributed by atoms with Crippen molar-refractivity contribution in [1.82, 2.24) is 10.3 Å². The van der Waals surface area contributed by atoms with Gasteiger partial charge in [-0.25, -0.2) is 13.8 Å². The van der Waals surface area contributed by atoms with Gasteiger partial charge in [-0.3, -0.25) is 10.6 Å². The fraction of sp³-hybridized carbons (Fsp3) is 0.231. The van der Waals surface area contributed by atoms with Gasteiger partial charge < -0.3 is 10.7 Å². The summed E-state index contributed by atoms with van der Waals surface area (Å²) in [6.07, 6.45) is 0.567. The van der Waals surface area contributed by atoms with Crippen LogP contribution in [0.3, 0.4) is 0 Å². The maximum absolute atomic E-state index is 13.5. The Morgan fingerprint density at radius 1 is 1.38 bits per heavy atom. The molecule has 0 atom stereocenters. The SMILES string of the molecule is Cc1csc(CCNC(=O)c2cc(F)c(NN)c(F)c2)n1. The maximum atomic E-state index is 13.5. The number of nitrogens with one attached hydrogen (secondary N) is 2. The summed E-state index contributed by atoms with van der Waals surface area (Å²) in [7, 11) is 0. The zero-order valence-electron chi connectivity index (χ0n) is 11.2. The number of hydrogen-bond donors (Lipinski definition) is 3. The molecule has 2 rings (SSSR count). The van der Waals surface area contributed by atoms with Gasteiger partial charge in [0.1, 0.15) is 5.69 Å². The van der Waals surface area contributed by atoms with Crippen LogP contribution < -0.4 is 16.6 Å². The molecule has 21 heavy (non-hydrogen) atoms. The molecule has 0 aliphatic carbocycles. The molecule has 112 valence electrons. The standard InChI is InChI=1S/C13H14F2N4OS/c1-7-6-21-11(18-7)2-3-17-13(20)8-4-9(14)12(19-16)10(15)5-8/h4-6,19H,2-3,16H2,1H3,(H,17,20). The third-order valence-corrected chi connectivity index (χ3v) is 3.77. The number of carbonyl (C=O) groups is 1. The molecule has 1 heterocycles. The van der Waals surface area contributed by atoms with Gasteiger partial charge in [0.25, 0.3) is 5.91 Å². The third-order valence-electron chi connectivity index (χ3n) is 2.74. The lowest BCUT2D eigenvalue weighted by Gasteiger charge is -2.08. The van der Waals surface area contributed by atoms with Crippen LogP contribution in [0.1, 0.15) is 21.1 Å². The van der Waals surface area contributed by atoms with Crippen LogP contribution in [0.4, 0.5) is 14.5 Å². The van der Waals surface area contributed by atoms with Gasteiger partial charge in [0.15, 0.2) is 11.6 Å². The Kier molecular flexibility index (Phi) is 4.81. The first-order valence-electron chi connectivity index (χ1n) is 6.16. The molecule has 0 unspecified atom stereocenters. The fourth-order valence-electron chi connectivity index (χ4n) is 1.74. The summed E-state index contributed by atoms with van der Waals surface area (Å²) in [5, 5.41) is 5.40. The number of amides is 1. The van der Waals surface area contributed by atoms with Crippen LogP contribution in [-0.2, 0) is 6.42 Å². The molecule has 0 spiro atoms. The quantitative estimate of drug-likeness (QED) is 0.583. The molecule has 0 aliphatic rings. The van der Waals surface area contributed by atoms with Crippen LogP contribution in [0.25, 0.3) is 0 Å². The smallest absolute Gasteiger partial charge is 0.251 e. The number of benzene rings is 1. The van der Waals surface area contributed by atoms with Crippen LogP contribution in [0.5, 0.6) is 0 Å². The minimum atomic E-state index is -0.918. The summed E-state index contributed by atoms with van der Waals surface area (Å²) in [5.74, 6) is 2.60. The Hall–Kier alpha value is -2.06. The summed E-state index contributed by atoms with van der Waals surface area (Å²) in [5.41, 5.74) is 2.27. The topological polar surface area (TPSA) is 80.0 Å². The lowest BCUT2D eigenvalue weighted by atomic mass is 10.1. The molecule has 0 bridgehead atoms. The minimum Gasteiger partial charge on any atom is -0.352 e. The van der Waals surface area contributed by atoms with Gasteiger partial charge in [0, 0.05) is 29.6 Å². The maximum Gasteiger partial charge on any atom is 0.251 e. The van der Waals surface area contributed by atoms with Gasteiger partial charge in [-0.2, -0.15) is 0 Å². The Balaban J connectivity index is 1.97. The third kappa shape index (κ3) is 3.73. The van der Waals surface area contributed by atoms with E-state index < -0.39 is 23.2 Å². The van der Waals surface area contributed by atoms with Gasteiger partial charge in [0.2, 0.25) is 0 Å². The molecule has 0 radical (unpaired) electrons. The van der Waals surface area contributed by atoms with E-state index in [1.807, 2.05) is 17.7 Å². The number of rotatable bonds is 5. The number of anilines is 1. The molecule has 0 fully saturated rings. The van der Waals surface area contributed by atoms with Gasteiger partial charge in [-0.15, -0.1) is 11.3 Å². The molecular formula is C13H14F2N4OS. The second kappa shape index (κ2) is 6.59. The van der Waals surface area contributed by atoms with Crippen molar-refractivity contribution in [2.45, 2.75) is 13.3 Å². The number of aryl methyl sites for hydroxylation is 1. The number of nitrogens with two attached hydrogens (primary N) is 1. The number of hydrogen-bond acceptors (Lipinski definition) is 5. The van der Waals surface area contributed by atoms with Crippen molar-refractivity contribution < 1.29 is 13.6 Å². The molecule has 8 heteroatoms. The Bertz CT molecular complexity index is 636. The molecule has 1 aromatic heterocycles. The molecular weight excluding hydrogens is 298 g/mol. The van der Waals surface area contributed by atoms with E-state index in [1.165, 1.54) is 11.3 Å². The van der Waals surface area contributed by atoms with Crippen molar-refractivity contribution in [2.75, 3.05) is 12.0 Å². The fourth-order valence-corrected chi connectivity index (χ4v) is 2.52. The van der Waals surface area contributed by atoms with Crippen LogP contribution in [0.2, 0.25) is 0 Å². The molecule has 4 N–H and O–H groups in total. The first kappa shape index (κ1) is 15.3. The zero-order valence-corrected chi connectivity index (χ0v) is 12.1. The largest absolute Gasteiger partial charge is 0.352 e. The summed E-state index contributed by atoms with van der Waals surface area (Å²) < 4.78 is 27.0. The van der Waals surface area contributed by atoms with Gasteiger partial charge in [-0.1, -0.05) is 0 Å². The lowest BCUT2D eigenvalue weighted by Crippen LogP contribution is -2.26. The van der Waals surface area contributed by atoms with Crippen LogP contribution in [-0.4, -0.2) is 17.4 Å². The Morgan fingerprint density at radius 2 is 2.05 bits per heavy atom. The molecule has 5 nitrogen and oxygen atoms in total. The van der Waals surface area contributed by atoms with Crippen molar-refractivity contribution in [1.29, 1.82) is 0 Å². The van der Waals surface area contributed by atoms with Crippen molar-refractivity contribution in [2.24, 2.45) is 5.84 Å². The number of aromatic nitrogens is 1. The molecule has 0 saturated heterocycles. The summed E-state index contributed by atoms with van der Waals surface area (Å²) in [6, 6.07) is 1.86. The molecule has 1 aromatic carbocycles. The van der Waals surface area contributed by atoms with E-state index in [2.05, 4.69) is 10.3 Å². The summed E-state index contributed by atoms with van der Waals surface area (Å²) >= 11 is 1.50. The van der Waals surface area contributed by atoms with Crippen molar-refractivity contribution in [3.8, 4) is 0 Å². The number of carbonyl (C=O) groups excluding carboxylic acids is 1. The molecule has 2 aromatic rings. The zero-order chi connectivity index (χ0) is 15.4. The average molecular weight is 312 g/mol. The van der Waals surface area contributed by atoms with E-state index in [0.29, 0.717) is 13.0 Å². The van der Waals surface area contributed by atoms with Crippen LogP contribution in [0, 0.1) is 18.6 Å². The van der Waals surface area contributed by atoms with Gasteiger partial charge in [-0.05, 0) is 19.1 Å². The van der Waals surface area contributed by atoms with E-state index in [4.69, 9.17) is 5.84 Å². The predicted molar refractivity (Wildman–Crippen MR) is 77.1 cm³/mol. The Labute approximate surface area is 124 Å². The average Bonchev–Trinajstić information content (AvgIpc) is 2.84. The monoisotopic (exact) mass is 312 g/mol. The second-order valence-electron chi connectivity index (χ2n) is 4.35. The van der Waals surface area contributed by atoms with Crippen molar-refractivity contribution in [3.05, 3.63) is 45.4 Å². The van der Waals surface area contributed by atoms with Crippen LogP contribution >= 0.6 is 11.3 Å². The molecule has 0 saturated carbocycles. The summed E-state index contributed by atoms with van der Waals surface area (Å²) in [6.45, 7) is 2.23.